The summed E-state index contributed by atoms with van der Waals surface area (Å²) in [4.78, 5) is 35.3. The second-order valence-corrected chi connectivity index (χ2v) is 3.50. The van der Waals surface area contributed by atoms with E-state index in [0.29, 0.717) is 13.2 Å². The second kappa shape index (κ2) is 5.60. The fourth-order valence-corrected chi connectivity index (χ4v) is 1.65. The van der Waals surface area contributed by atoms with E-state index in [1.165, 1.54) is 0 Å². The molecule has 1 N–H and O–H groups in total. The van der Waals surface area contributed by atoms with Gasteiger partial charge in [-0.05, 0) is 13.5 Å². The molecule has 16 heavy (non-hydrogen) atoms. The van der Waals surface area contributed by atoms with E-state index < -0.39 is 6.04 Å². The molecular weight excluding hydrogens is 212 g/mol. The summed E-state index contributed by atoms with van der Waals surface area (Å²) < 4.78 is 4.80. The van der Waals surface area contributed by atoms with Gasteiger partial charge in [0, 0.05) is 0 Å². The van der Waals surface area contributed by atoms with Crippen LogP contribution in [0, 0.1) is 0 Å². The highest BCUT2D eigenvalue weighted by molar-refractivity contribution is 6.05. The molecule has 1 saturated heterocycles. The van der Waals surface area contributed by atoms with Crippen molar-refractivity contribution in [1.82, 2.24) is 10.2 Å². The highest BCUT2D eigenvalue weighted by atomic mass is 16.5. The largest absolute Gasteiger partial charge is 0.465 e. The Morgan fingerprint density at radius 2 is 2.19 bits per heavy atom. The molecule has 0 aliphatic carbocycles. The standard InChI is InChI=1S/C10H16N2O4/c1-3-12(6-9(14)16-4-2)7-5-8(13)11-10(7)15/h7H,3-6H2,1-2H3,(H,11,13,15). The third-order valence-corrected chi connectivity index (χ3v) is 2.43. The first-order chi connectivity index (χ1) is 7.58. The monoisotopic (exact) mass is 228 g/mol. The average molecular weight is 228 g/mol. The first-order valence-corrected chi connectivity index (χ1v) is 5.31. The fourth-order valence-electron chi connectivity index (χ4n) is 1.65. The number of esters is 1. The minimum absolute atomic E-state index is 0.0374. The number of likely N-dealkylation sites (N-methyl/N-ethyl adjacent to an activating group) is 1. The number of carbonyl (C=O) groups excluding carboxylic acids is 3. The number of imide groups is 1. The van der Waals surface area contributed by atoms with Crippen molar-refractivity contribution >= 4 is 17.8 Å². The number of hydrogen-bond acceptors (Lipinski definition) is 5. The molecule has 6 heteroatoms. The Kier molecular flexibility index (Phi) is 4.42. The molecule has 6 nitrogen and oxygen atoms in total. The van der Waals surface area contributed by atoms with Crippen LogP contribution in [-0.4, -0.2) is 48.4 Å². The molecule has 1 aliphatic rings. The van der Waals surface area contributed by atoms with E-state index in [0.717, 1.165) is 0 Å². The van der Waals surface area contributed by atoms with Gasteiger partial charge in [-0.1, -0.05) is 6.92 Å². The fraction of sp³-hybridized carbons (Fsp3) is 0.700. The number of ether oxygens (including phenoxy) is 1. The van der Waals surface area contributed by atoms with E-state index in [9.17, 15) is 14.4 Å². The van der Waals surface area contributed by atoms with Crippen LogP contribution in [0.15, 0.2) is 0 Å². The van der Waals surface area contributed by atoms with E-state index in [2.05, 4.69) is 5.32 Å². The Morgan fingerprint density at radius 1 is 1.50 bits per heavy atom. The molecule has 0 bridgehead atoms. The Morgan fingerprint density at radius 3 is 2.62 bits per heavy atom. The van der Waals surface area contributed by atoms with Gasteiger partial charge in [0.2, 0.25) is 11.8 Å². The van der Waals surface area contributed by atoms with Crippen LogP contribution in [0.2, 0.25) is 0 Å². The van der Waals surface area contributed by atoms with Crippen molar-refractivity contribution in [3.63, 3.8) is 0 Å². The van der Waals surface area contributed by atoms with Gasteiger partial charge >= 0.3 is 5.97 Å². The topological polar surface area (TPSA) is 75.7 Å². The number of amides is 2. The van der Waals surface area contributed by atoms with Crippen LogP contribution >= 0.6 is 0 Å². The average Bonchev–Trinajstić information content (AvgIpc) is 2.55. The maximum Gasteiger partial charge on any atom is 0.320 e. The Balaban J connectivity index is 2.57. The number of hydrogen-bond donors (Lipinski definition) is 1. The molecular formula is C10H16N2O4. The summed E-state index contributed by atoms with van der Waals surface area (Å²) in [5.74, 6) is -1.01. The predicted octanol–water partition coefficient (Wildman–Crippen LogP) is -0.713. The predicted molar refractivity (Wildman–Crippen MR) is 55.4 cm³/mol. The summed E-state index contributed by atoms with van der Waals surface area (Å²) in [6.07, 6.45) is 0.117. The maximum atomic E-state index is 11.4. The summed E-state index contributed by atoms with van der Waals surface area (Å²) in [7, 11) is 0. The molecule has 1 unspecified atom stereocenters. The van der Waals surface area contributed by atoms with E-state index in [1.54, 1.807) is 11.8 Å². The molecule has 90 valence electrons. The van der Waals surface area contributed by atoms with Crippen LogP contribution in [0.25, 0.3) is 0 Å². The lowest BCUT2D eigenvalue weighted by molar-refractivity contribution is -0.145. The summed E-state index contributed by atoms with van der Waals surface area (Å²) >= 11 is 0. The van der Waals surface area contributed by atoms with Gasteiger partial charge in [0.05, 0.1) is 25.6 Å². The normalized spacial score (nSPS) is 20.1. The number of nitrogens with zero attached hydrogens (tertiary/aromatic N) is 1. The molecule has 1 heterocycles. The molecule has 1 aliphatic heterocycles. The lowest BCUT2D eigenvalue weighted by atomic mass is 10.2. The minimum atomic E-state index is -0.540. The molecule has 0 aromatic carbocycles. The molecule has 1 fully saturated rings. The molecule has 2 amide bonds. The Hall–Kier alpha value is -1.43. The number of carbonyl (C=O) groups is 3. The highest BCUT2D eigenvalue weighted by Crippen LogP contribution is 2.10. The molecule has 1 rings (SSSR count). The lowest BCUT2D eigenvalue weighted by Crippen LogP contribution is -2.43. The van der Waals surface area contributed by atoms with Gasteiger partial charge in [0.1, 0.15) is 0 Å². The maximum absolute atomic E-state index is 11.4. The van der Waals surface area contributed by atoms with Crippen molar-refractivity contribution in [2.75, 3.05) is 19.7 Å². The molecule has 1 atom stereocenters. The zero-order valence-electron chi connectivity index (χ0n) is 9.49. The lowest BCUT2D eigenvalue weighted by Gasteiger charge is -2.23. The second-order valence-electron chi connectivity index (χ2n) is 3.50. The summed E-state index contributed by atoms with van der Waals surface area (Å²) in [5.41, 5.74) is 0. The van der Waals surface area contributed by atoms with Crippen molar-refractivity contribution in [1.29, 1.82) is 0 Å². The van der Waals surface area contributed by atoms with E-state index in [4.69, 9.17) is 4.74 Å². The summed E-state index contributed by atoms with van der Waals surface area (Å²) in [6, 6.07) is -0.540. The van der Waals surface area contributed by atoms with Gasteiger partial charge in [0.15, 0.2) is 0 Å². The van der Waals surface area contributed by atoms with Crippen LogP contribution in [0.5, 0.6) is 0 Å². The van der Waals surface area contributed by atoms with Crippen molar-refractivity contribution in [3.05, 3.63) is 0 Å². The van der Waals surface area contributed by atoms with Gasteiger partial charge in [-0.3, -0.25) is 24.6 Å². The Labute approximate surface area is 93.9 Å². The third kappa shape index (κ3) is 3.03. The first kappa shape index (κ1) is 12.6. The van der Waals surface area contributed by atoms with Crippen LogP contribution < -0.4 is 5.32 Å². The summed E-state index contributed by atoms with van der Waals surface area (Å²) in [5, 5.41) is 2.22. The van der Waals surface area contributed by atoms with E-state index in [-0.39, 0.29) is 30.7 Å². The molecule has 0 aromatic rings. The van der Waals surface area contributed by atoms with Gasteiger partial charge in [-0.2, -0.15) is 0 Å². The van der Waals surface area contributed by atoms with Crippen LogP contribution in [0.4, 0.5) is 0 Å². The van der Waals surface area contributed by atoms with Gasteiger partial charge in [0.25, 0.3) is 0 Å². The van der Waals surface area contributed by atoms with E-state index in [1.807, 2.05) is 6.92 Å². The zero-order chi connectivity index (χ0) is 12.1. The molecule has 0 saturated carbocycles. The van der Waals surface area contributed by atoms with Crippen molar-refractivity contribution in [3.8, 4) is 0 Å². The highest BCUT2D eigenvalue weighted by Gasteiger charge is 2.35. The van der Waals surface area contributed by atoms with Crippen LogP contribution in [0.1, 0.15) is 20.3 Å². The zero-order valence-corrected chi connectivity index (χ0v) is 9.49. The molecule has 0 aromatic heterocycles. The van der Waals surface area contributed by atoms with Gasteiger partial charge < -0.3 is 4.74 Å². The quantitative estimate of drug-likeness (QED) is 0.497. The van der Waals surface area contributed by atoms with Crippen LogP contribution in [-0.2, 0) is 19.1 Å². The van der Waals surface area contributed by atoms with Crippen molar-refractivity contribution in [2.24, 2.45) is 0 Å². The molecule has 0 spiro atoms. The first-order valence-electron chi connectivity index (χ1n) is 5.31. The van der Waals surface area contributed by atoms with Gasteiger partial charge in [-0.15, -0.1) is 0 Å². The smallest absolute Gasteiger partial charge is 0.320 e. The third-order valence-electron chi connectivity index (χ3n) is 2.43. The van der Waals surface area contributed by atoms with E-state index >= 15 is 0 Å². The van der Waals surface area contributed by atoms with Crippen LogP contribution in [0.3, 0.4) is 0 Å². The SMILES string of the molecule is CCOC(=O)CN(CC)C1CC(=O)NC1=O. The van der Waals surface area contributed by atoms with Crippen molar-refractivity contribution in [2.45, 2.75) is 26.3 Å². The number of rotatable bonds is 5. The summed E-state index contributed by atoms with van der Waals surface area (Å²) in [6.45, 7) is 4.42. The number of nitrogens with one attached hydrogen (secondary N) is 1. The minimum Gasteiger partial charge on any atom is -0.465 e. The van der Waals surface area contributed by atoms with Gasteiger partial charge in [-0.25, -0.2) is 0 Å². The van der Waals surface area contributed by atoms with Crippen molar-refractivity contribution < 1.29 is 19.1 Å². The molecule has 0 radical (unpaired) electrons. The Bertz CT molecular complexity index is 303.